The molecule has 3 rings (SSSR count). The number of ether oxygens (including phenoxy) is 2. The first-order chi connectivity index (χ1) is 9.96. The summed E-state index contributed by atoms with van der Waals surface area (Å²) in [6, 6.07) is 10.7. The highest BCUT2D eigenvalue weighted by atomic mass is 19.3. The van der Waals surface area contributed by atoms with Gasteiger partial charge in [-0.05, 0) is 30.3 Å². The van der Waals surface area contributed by atoms with Crippen LogP contribution in [0.1, 0.15) is 10.4 Å². The van der Waals surface area contributed by atoms with Crippen molar-refractivity contribution in [1.29, 1.82) is 0 Å². The molecule has 0 aromatic heterocycles. The van der Waals surface area contributed by atoms with Gasteiger partial charge in [-0.25, -0.2) is 0 Å². The molecule has 0 atom stereocenters. The Hall–Kier alpha value is -2.83. The van der Waals surface area contributed by atoms with Crippen LogP contribution in [0.15, 0.2) is 36.4 Å². The van der Waals surface area contributed by atoms with E-state index in [1.807, 2.05) is 0 Å². The Morgan fingerprint density at radius 1 is 1.29 bits per heavy atom. The van der Waals surface area contributed by atoms with Crippen LogP contribution in [0.3, 0.4) is 0 Å². The zero-order chi connectivity index (χ0) is 15.0. The number of benzene rings is 2. The number of anilines is 1. The van der Waals surface area contributed by atoms with E-state index >= 15 is 0 Å². The van der Waals surface area contributed by atoms with Gasteiger partial charge in [0.15, 0.2) is 11.5 Å². The monoisotopic (exact) mass is 292 g/mol. The SMILES string of the molecule is O=C(Nc1cccc2c1OC(F)(F)O2)c1c[c]ccc1O. The van der Waals surface area contributed by atoms with Crippen LogP contribution in [0.2, 0.25) is 0 Å². The van der Waals surface area contributed by atoms with E-state index in [0.717, 1.165) is 0 Å². The molecular formula is C14H8F2NO4. The third-order valence-electron chi connectivity index (χ3n) is 2.76. The predicted molar refractivity (Wildman–Crippen MR) is 67.5 cm³/mol. The van der Waals surface area contributed by atoms with Crippen molar-refractivity contribution < 1.29 is 28.2 Å². The van der Waals surface area contributed by atoms with E-state index in [9.17, 15) is 18.7 Å². The molecule has 21 heavy (non-hydrogen) atoms. The molecule has 0 aliphatic carbocycles. The summed E-state index contributed by atoms with van der Waals surface area (Å²) >= 11 is 0. The number of phenols is 1. The van der Waals surface area contributed by atoms with Crippen LogP contribution >= 0.6 is 0 Å². The Bertz CT molecular complexity index is 718. The third-order valence-corrected chi connectivity index (χ3v) is 2.76. The van der Waals surface area contributed by atoms with Gasteiger partial charge < -0.3 is 19.9 Å². The molecule has 0 fully saturated rings. The molecule has 107 valence electrons. The first-order valence-corrected chi connectivity index (χ1v) is 5.85. The number of amides is 1. The number of para-hydroxylation sites is 1. The van der Waals surface area contributed by atoms with Crippen LogP contribution in [0, 0.1) is 6.07 Å². The van der Waals surface area contributed by atoms with Crippen LogP contribution < -0.4 is 14.8 Å². The zero-order valence-corrected chi connectivity index (χ0v) is 10.4. The second-order valence-electron chi connectivity index (χ2n) is 4.20. The Morgan fingerprint density at radius 2 is 2.10 bits per heavy atom. The maximum atomic E-state index is 13.0. The second-order valence-corrected chi connectivity index (χ2v) is 4.20. The van der Waals surface area contributed by atoms with Crippen molar-refractivity contribution in [3.05, 3.63) is 48.0 Å². The van der Waals surface area contributed by atoms with Crippen molar-refractivity contribution in [2.45, 2.75) is 6.29 Å². The molecule has 1 radical (unpaired) electrons. The lowest BCUT2D eigenvalue weighted by atomic mass is 10.2. The standard InChI is InChI=1S/C14H8F2NO4/c15-14(16)20-11-7-3-5-9(12(11)21-14)17-13(19)8-4-1-2-6-10(8)18/h2-7,18H,(H,17,19). The Kier molecular flexibility index (Phi) is 2.90. The summed E-state index contributed by atoms with van der Waals surface area (Å²) in [5.74, 6) is -1.38. The van der Waals surface area contributed by atoms with E-state index in [0.29, 0.717) is 0 Å². The van der Waals surface area contributed by atoms with Gasteiger partial charge in [-0.2, -0.15) is 0 Å². The molecule has 2 aromatic carbocycles. The second kappa shape index (κ2) is 4.62. The maximum absolute atomic E-state index is 13.0. The maximum Gasteiger partial charge on any atom is 0.586 e. The minimum absolute atomic E-state index is 0.0120. The van der Waals surface area contributed by atoms with E-state index < -0.39 is 12.2 Å². The summed E-state index contributed by atoms with van der Waals surface area (Å²) in [6.45, 7) is 0. The van der Waals surface area contributed by atoms with E-state index in [1.54, 1.807) is 0 Å². The summed E-state index contributed by atoms with van der Waals surface area (Å²) in [5, 5.41) is 12.0. The van der Waals surface area contributed by atoms with Crippen molar-refractivity contribution >= 4 is 11.6 Å². The van der Waals surface area contributed by atoms with E-state index in [-0.39, 0.29) is 28.5 Å². The molecule has 7 heteroatoms. The zero-order valence-electron chi connectivity index (χ0n) is 10.4. The van der Waals surface area contributed by atoms with Crippen LogP contribution in [0.4, 0.5) is 14.5 Å². The Labute approximate surface area is 117 Å². The summed E-state index contributed by atoms with van der Waals surface area (Å²) in [5.41, 5.74) is -0.0290. The lowest BCUT2D eigenvalue weighted by Crippen LogP contribution is -2.26. The first-order valence-electron chi connectivity index (χ1n) is 5.85. The van der Waals surface area contributed by atoms with Crippen LogP contribution in [0.5, 0.6) is 17.2 Å². The molecule has 0 saturated carbocycles. The van der Waals surface area contributed by atoms with Gasteiger partial charge in [0.25, 0.3) is 5.91 Å². The van der Waals surface area contributed by atoms with Gasteiger partial charge >= 0.3 is 6.29 Å². The fourth-order valence-electron chi connectivity index (χ4n) is 1.86. The number of alkyl halides is 2. The van der Waals surface area contributed by atoms with Gasteiger partial charge in [0.1, 0.15) is 5.75 Å². The molecule has 1 aliphatic rings. The number of phenolic OH excluding ortho intramolecular Hbond substituents is 1. The largest absolute Gasteiger partial charge is 0.586 e. The number of fused-ring (bicyclic) bond motifs is 1. The fourth-order valence-corrected chi connectivity index (χ4v) is 1.86. The minimum Gasteiger partial charge on any atom is -0.507 e. The number of aromatic hydroxyl groups is 1. The molecular weight excluding hydrogens is 284 g/mol. The van der Waals surface area contributed by atoms with Gasteiger partial charge in [-0.15, -0.1) is 8.78 Å². The number of carbonyl (C=O) groups is 1. The topological polar surface area (TPSA) is 67.8 Å². The number of carbonyl (C=O) groups excluding carboxylic acids is 1. The Morgan fingerprint density at radius 3 is 2.86 bits per heavy atom. The summed E-state index contributed by atoms with van der Waals surface area (Å²) in [4.78, 5) is 12.0. The number of rotatable bonds is 2. The lowest BCUT2D eigenvalue weighted by molar-refractivity contribution is -0.286. The van der Waals surface area contributed by atoms with Crippen LogP contribution in [-0.4, -0.2) is 17.3 Å². The quantitative estimate of drug-likeness (QED) is 0.893. The normalized spacial score (nSPS) is 14.8. The van der Waals surface area contributed by atoms with E-state index in [1.165, 1.54) is 36.4 Å². The average Bonchev–Trinajstić information content (AvgIpc) is 2.74. The molecule has 1 amide bonds. The van der Waals surface area contributed by atoms with Gasteiger partial charge in [-0.3, -0.25) is 4.79 Å². The fraction of sp³-hybridized carbons (Fsp3) is 0.0714. The van der Waals surface area contributed by atoms with Gasteiger partial charge in [0, 0.05) is 0 Å². The summed E-state index contributed by atoms with van der Waals surface area (Å²) in [6.07, 6.45) is -3.77. The number of hydrogen-bond acceptors (Lipinski definition) is 4. The molecule has 2 N–H and O–H groups in total. The van der Waals surface area contributed by atoms with Crippen molar-refractivity contribution in [3.63, 3.8) is 0 Å². The molecule has 0 unspecified atom stereocenters. The number of halogens is 2. The van der Waals surface area contributed by atoms with E-state index in [2.05, 4.69) is 20.9 Å². The molecule has 1 heterocycles. The Balaban J connectivity index is 1.89. The van der Waals surface area contributed by atoms with Crippen molar-refractivity contribution in [1.82, 2.24) is 0 Å². The predicted octanol–water partition coefficient (Wildman–Crippen LogP) is 2.77. The van der Waals surface area contributed by atoms with Gasteiger partial charge in [0.05, 0.1) is 11.3 Å². The average molecular weight is 292 g/mol. The molecule has 2 aromatic rings. The van der Waals surface area contributed by atoms with Crippen molar-refractivity contribution in [3.8, 4) is 17.2 Å². The van der Waals surface area contributed by atoms with Crippen molar-refractivity contribution in [2.24, 2.45) is 0 Å². The number of hydrogen-bond donors (Lipinski definition) is 2. The molecule has 1 aliphatic heterocycles. The van der Waals surface area contributed by atoms with Gasteiger partial charge in [0.2, 0.25) is 0 Å². The van der Waals surface area contributed by atoms with Gasteiger partial charge in [-0.1, -0.05) is 12.1 Å². The lowest BCUT2D eigenvalue weighted by Gasteiger charge is -2.09. The van der Waals surface area contributed by atoms with Crippen molar-refractivity contribution in [2.75, 3.05) is 5.32 Å². The highest BCUT2D eigenvalue weighted by Gasteiger charge is 2.44. The highest BCUT2D eigenvalue weighted by Crippen LogP contribution is 2.45. The highest BCUT2D eigenvalue weighted by molar-refractivity contribution is 6.07. The first kappa shape index (κ1) is 13.2. The molecule has 0 saturated heterocycles. The van der Waals surface area contributed by atoms with E-state index in [4.69, 9.17) is 0 Å². The number of nitrogens with one attached hydrogen (secondary N) is 1. The molecule has 0 bridgehead atoms. The van der Waals surface area contributed by atoms with Crippen LogP contribution in [0.25, 0.3) is 0 Å². The smallest absolute Gasteiger partial charge is 0.507 e. The molecule has 5 nitrogen and oxygen atoms in total. The molecule has 0 spiro atoms. The summed E-state index contributed by atoms with van der Waals surface area (Å²) in [7, 11) is 0. The minimum atomic E-state index is -3.77. The van der Waals surface area contributed by atoms with Crippen LogP contribution in [-0.2, 0) is 0 Å². The third kappa shape index (κ3) is 2.45. The summed E-state index contributed by atoms with van der Waals surface area (Å²) < 4.78 is 34.7.